The Labute approximate surface area is 75.7 Å². The van der Waals surface area contributed by atoms with Crippen LogP contribution in [0.5, 0.6) is 0 Å². The van der Waals surface area contributed by atoms with Gasteiger partial charge in [-0.1, -0.05) is 28.1 Å². The third-order valence-electron chi connectivity index (χ3n) is 0.818. The van der Waals surface area contributed by atoms with E-state index in [1.54, 1.807) is 6.08 Å². The van der Waals surface area contributed by atoms with Crippen LogP contribution in [0.2, 0.25) is 0 Å². The molecule has 0 fully saturated rings. The molecular formula is C6H10BrNOS. The van der Waals surface area contributed by atoms with E-state index in [2.05, 4.69) is 33.3 Å². The van der Waals surface area contributed by atoms with Gasteiger partial charge in [-0.3, -0.25) is 0 Å². The minimum Gasteiger partial charge on any atom is -0.393 e. The molecule has 0 aromatic carbocycles. The summed E-state index contributed by atoms with van der Waals surface area (Å²) in [7, 11) is 0. The molecule has 3 N–H and O–H groups in total. The molecule has 58 valence electrons. The second-order valence-electron chi connectivity index (χ2n) is 1.96. The Morgan fingerprint density at radius 1 is 2.10 bits per heavy atom. The van der Waals surface area contributed by atoms with Gasteiger partial charge in [0, 0.05) is 6.42 Å². The maximum absolute atomic E-state index is 6.67. The molecule has 1 atom stereocenters. The van der Waals surface area contributed by atoms with Crippen LogP contribution < -0.4 is 5.73 Å². The van der Waals surface area contributed by atoms with Crippen molar-refractivity contribution < 1.29 is 5.11 Å². The SMILES string of the molecule is [3H]O[C@@H](/C=C(\C)Br)CC(N)=S. The molecule has 0 saturated heterocycles. The van der Waals surface area contributed by atoms with Gasteiger partial charge in [-0.25, -0.2) is 0 Å². The van der Waals surface area contributed by atoms with Gasteiger partial charge in [0.2, 0.25) is 1.43 Å². The van der Waals surface area contributed by atoms with Crippen molar-refractivity contribution >= 4 is 33.1 Å². The Bertz CT molecular complexity index is 170. The summed E-state index contributed by atoms with van der Waals surface area (Å²) in [6.45, 7) is 1.85. The number of halogens is 1. The van der Waals surface area contributed by atoms with E-state index in [0.29, 0.717) is 11.4 Å². The molecule has 0 saturated carbocycles. The van der Waals surface area contributed by atoms with Crippen molar-refractivity contribution in [2.45, 2.75) is 19.4 Å². The quantitative estimate of drug-likeness (QED) is 0.710. The standard InChI is InChI=1S/C6H10BrNOS/c1-4(7)2-5(9)3-6(8)10/h2,5,9H,3H2,1H3,(H2,8,10)/b4-2+/t5-/m0/s1/i9T. The molecule has 10 heavy (non-hydrogen) atoms. The fourth-order valence-corrected chi connectivity index (χ4v) is 0.972. The molecule has 0 aliphatic carbocycles. The second kappa shape index (κ2) is 4.82. The van der Waals surface area contributed by atoms with E-state index in [4.69, 9.17) is 7.16 Å². The average Bonchev–Trinajstić information content (AvgIpc) is 1.84. The molecule has 0 amide bonds. The summed E-state index contributed by atoms with van der Waals surface area (Å²) in [4.78, 5) is 0.354. The lowest BCUT2D eigenvalue weighted by atomic mass is 10.2. The van der Waals surface area contributed by atoms with Gasteiger partial charge in [0.25, 0.3) is 0 Å². The van der Waals surface area contributed by atoms with Crippen LogP contribution in [0.1, 0.15) is 13.3 Å². The van der Waals surface area contributed by atoms with Crippen molar-refractivity contribution in [2.24, 2.45) is 5.73 Å². The van der Waals surface area contributed by atoms with E-state index in [9.17, 15) is 0 Å². The zero-order valence-electron chi connectivity index (χ0n) is 6.63. The third kappa shape index (κ3) is 6.19. The molecule has 0 aromatic rings. The highest BCUT2D eigenvalue weighted by Gasteiger charge is 2.00. The number of hydrogen-bond acceptors (Lipinski definition) is 2. The van der Waals surface area contributed by atoms with Crippen molar-refractivity contribution in [1.29, 1.82) is 1.43 Å². The maximum atomic E-state index is 6.67. The lowest BCUT2D eigenvalue weighted by Crippen LogP contribution is -2.16. The summed E-state index contributed by atoms with van der Waals surface area (Å²) in [6, 6.07) is 0. The highest BCUT2D eigenvalue weighted by Crippen LogP contribution is 2.05. The number of nitrogens with two attached hydrogens (primary N) is 1. The zero-order valence-corrected chi connectivity index (χ0v) is 8.04. The predicted molar refractivity (Wildman–Crippen MR) is 50.1 cm³/mol. The Morgan fingerprint density at radius 3 is 3.00 bits per heavy atom. The molecule has 0 aliphatic heterocycles. The van der Waals surface area contributed by atoms with Crippen molar-refractivity contribution in [3.8, 4) is 0 Å². The van der Waals surface area contributed by atoms with E-state index in [1.165, 1.54) is 0 Å². The van der Waals surface area contributed by atoms with E-state index in [1.807, 2.05) is 6.92 Å². The van der Waals surface area contributed by atoms with Gasteiger partial charge in [0.05, 0.1) is 11.1 Å². The molecular weight excluding hydrogens is 214 g/mol. The topological polar surface area (TPSA) is 46.2 Å². The van der Waals surface area contributed by atoms with E-state index >= 15 is 0 Å². The van der Waals surface area contributed by atoms with Crippen molar-refractivity contribution in [3.63, 3.8) is 0 Å². The van der Waals surface area contributed by atoms with Crippen LogP contribution in [0.25, 0.3) is 0 Å². The first-order valence-corrected chi connectivity index (χ1v) is 4.00. The number of allylic oxidation sites excluding steroid dienone is 1. The summed E-state index contributed by atoms with van der Waals surface area (Å²) in [5.41, 5.74) is 5.27. The number of rotatable bonds is 4. The maximum Gasteiger partial charge on any atom is 0.211 e. The minimum atomic E-state index is -0.341. The lowest BCUT2D eigenvalue weighted by Gasteiger charge is -2.02. The van der Waals surface area contributed by atoms with Gasteiger partial charge < -0.3 is 10.8 Å². The predicted octanol–water partition coefficient (Wildman–Crippen LogP) is 1.32. The minimum absolute atomic E-state index is 0.341. The highest BCUT2D eigenvalue weighted by molar-refractivity contribution is 9.11. The normalized spacial score (nSPS) is 16.2. The molecule has 0 bridgehead atoms. The highest BCUT2D eigenvalue weighted by atomic mass is 79.9. The molecule has 0 rings (SSSR count). The fraction of sp³-hybridized carbons (Fsp3) is 0.500. The molecule has 0 unspecified atom stereocenters. The van der Waals surface area contributed by atoms with Crippen molar-refractivity contribution in [3.05, 3.63) is 10.6 Å². The van der Waals surface area contributed by atoms with Gasteiger partial charge in [-0.2, -0.15) is 0 Å². The van der Waals surface area contributed by atoms with Gasteiger partial charge in [0.15, 0.2) is 0 Å². The monoisotopic (exact) mass is 225 g/mol. The summed E-state index contributed by atoms with van der Waals surface area (Å²) in [5, 5.41) is 4.35. The Kier molecular flexibility index (Phi) is 3.94. The van der Waals surface area contributed by atoms with Gasteiger partial charge in [-0.15, -0.1) is 0 Å². The average molecular weight is 226 g/mol. The summed E-state index contributed by atoms with van der Waals surface area (Å²) >= 11 is 7.88. The van der Waals surface area contributed by atoms with Crippen LogP contribution in [0.15, 0.2) is 10.6 Å². The second-order valence-corrected chi connectivity index (χ2v) is 3.74. The Balaban J connectivity index is 3.96. The summed E-state index contributed by atoms with van der Waals surface area (Å²) < 4.78 is 7.57. The number of aliphatic hydroxyl groups excluding tert-OH is 1. The fourth-order valence-electron chi connectivity index (χ4n) is 0.513. The van der Waals surface area contributed by atoms with Crippen molar-refractivity contribution in [1.82, 2.24) is 0 Å². The largest absolute Gasteiger partial charge is 0.393 e. The third-order valence-corrected chi connectivity index (χ3v) is 1.25. The van der Waals surface area contributed by atoms with E-state index in [-0.39, 0.29) is 6.10 Å². The lowest BCUT2D eigenvalue weighted by molar-refractivity contribution is 0.231. The van der Waals surface area contributed by atoms with Crippen LogP contribution in [0, 0.1) is 0 Å². The summed E-state index contributed by atoms with van der Waals surface area (Å²) in [6.07, 6.45) is 1.81. The van der Waals surface area contributed by atoms with Crippen LogP contribution in [0.4, 0.5) is 0 Å². The first-order chi connectivity index (χ1) is 5.06. The van der Waals surface area contributed by atoms with Crippen LogP contribution in [-0.2, 0) is 0 Å². The van der Waals surface area contributed by atoms with Crippen LogP contribution >= 0.6 is 28.1 Å². The molecule has 0 aliphatic rings. The van der Waals surface area contributed by atoms with Gasteiger partial charge in [0.1, 0.15) is 0 Å². The molecule has 0 radical (unpaired) electrons. The zero-order chi connectivity index (χ0) is 8.85. The Hall–Kier alpha value is 0.0700. The van der Waals surface area contributed by atoms with Crippen LogP contribution in [-0.4, -0.2) is 17.6 Å². The molecule has 2 nitrogen and oxygen atoms in total. The Morgan fingerprint density at radius 2 is 2.70 bits per heavy atom. The van der Waals surface area contributed by atoms with Crippen LogP contribution in [0.3, 0.4) is 0 Å². The first kappa shape index (κ1) is 8.17. The first-order valence-electron chi connectivity index (χ1n) is 3.21. The molecule has 4 heteroatoms. The number of aliphatic hydroxyl groups is 1. The van der Waals surface area contributed by atoms with Gasteiger partial charge in [-0.05, 0) is 17.5 Å². The van der Waals surface area contributed by atoms with Crippen molar-refractivity contribution in [2.75, 3.05) is 0 Å². The smallest absolute Gasteiger partial charge is 0.211 e. The molecule has 0 spiro atoms. The van der Waals surface area contributed by atoms with E-state index < -0.39 is 0 Å². The molecule has 0 heterocycles. The number of thiocarbonyl (C=S) groups is 1. The number of hydrogen-bond donors (Lipinski definition) is 2. The summed E-state index contributed by atoms with van der Waals surface area (Å²) in [5.74, 6) is 0. The van der Waals surface area contributed by atoms with E-state index in [0.717, 1.165) is 4.48 Å². The van der Waals surface area contributed by atoms with Gasteiger partial charge >= 0.3 is 0 Å². The molecule has 0 aromatic heterocycles.